The van der Waals surface area contributed by atoms with Gasteiger partial charge in [-0.3, -0.25) is 9.79 Å². The fourth-order valence-electron chi connectivity index (χ4n) is 3.14. The van der Waals surface area contributed by atoms with Crippen LogP contribution in [0.15, 0.2) is 23.2 Å². The van der Waals surface area contributed by atoms with Crippen LogP contribution in [0.4, 0.5) is 0 Å². The average Bonchev–Trinajstić information content (AvgIpc) is 3.07. The number of aliphatic imine (C=N–C) groups is 1. The van der Waals surface area contributed by atoms with E-state index >= 15 is 0 Å². The predicted octanol–water partition coefficient (Wildman–Crippen LogP) is 4.28. The van der Waals surface area contributed by atoms with Gasteiger partial charge in [0.2, 0.25) is 5.91 Å². The van der Waals surface area contributed by atoms with Crippen LogP contribution in [0.3, 0.4) is 0 Å². The molecule has 8 heteroatoms. The summed E-state index contributed by atoms with van der Waals surface area (Å²) >= 11 is 12.6. The first-order valence-electron chi connectivity index (χ1n) is 9.22. The lowest BCUT2D eigenvalue weighted by Gasteiger charge is -2.19. The van der Waals surface area contributed by atoms with Crippen molar-refractivity contribution in [2.45, 2.75) is 45.6 Å². The maximum absolute atomic E-state index is 11.8. The lowest BCUT2D eigenvalue weighted by molar-refractivity contribution is -0.129. The fourth-order valence-corrected chi connectivity index (χ4v) is 3.91. The zero-order chi connectivity index (χ0) is 19.1. The molecular weight excluding hydrogens is 498 g/mol. The van der Waals surface area contributed by atoms with Gasteiger partial charge in [-0.15, -0.1) is 24.0 Å². The Kier molecular flexibility index (Phi) is 10.8. The van der Waals surface area contributed by atoms with Gasteiger partial charge in [-0.05, 0) is 31.0 Å². The first-order valence-corrected chi connectivity index (χ1v) is 9.98. The number of halogens is 3. The monoisotopic (exact) mass is 526 g/mol. The molecule has 27 heavy (non-hydrogen) atoms. The smallest absolute Gasteiger partial charge is 0.222 e. The molecule has 0 bridgehead atoms. The molecule has 1 aromatic carbocycles. The van der Waals surface area contributed by atoms with Crippen molar-refractivity contribution >= 4 is 59.0 Å². The molecule has 152 valence electrons. The molecule has 1 aliphatic rings. The largest absolute Gasteiger partial charge is 0.357 e. The van der Waals surface area contributed by atoms with Crippen molar-refractivity contribution < 1.29 is 4.79 Å². The zero-order valence-corrected chi connectivity index (χ0v) is 19.9. The van der Waals surface area contributed by atoms with Gasteiger partial charge in [0.25, 0.3) is 0 Å². The molecule has 1 aromatic rings. The highest BCUT2D eigenvalue weighted by atomic mass is 127. The topological polar surface area (TPSA) is 56.7 Å². The summed E-state index contributed by atoms with van der Waals surface area (Å²) in [6.07, 6.45) is 1.49. The number of likely N-dealkylation sites (tertiary alicyclic amines) is 1. The van der Waals surface area contributed by atoms with Gasteiger partial charge < -0.3 is 15.5 Å². The first-order chi connectivity index (χ1) is 12.5. The fraction of sp³-hybridized carbons (Fsp3) is 0.579. The molecule has 0 spiro atoms. The first kappa shape index (κ1) is 24.3. The van der Waals surface area contributed by atoms with Gasteiger partial charge in [0.05, 0.1) is 0 Å². The molecule has 0 aromatic heterocycles. The van der Waals surface area contributed by atoms with Crippen LogP contribution in [0.1, 0.15) is 45.1 Å². The Labute approximate surface area is 189 Å². The number of guanidine groups is 1. The molecule has 1 aliphatic heterocycles. The molecule has 1 amide bonds. The van der Waals surface area contributed by atoms with Crippen molar-refractivity contribution in [2.75, 3.05) is 26.2 Å². The highest BCUT2D eigenvalue weighted by molar-refractivity contribution is 14.0. The Bertz CT molecular complexity index is 636. The third-order valence-corrected chi connectivity index (χ3v) is 5.20. The number of carbonyl (C=O) groups excluding carboxylic acids is 1. The minimum Gasteiger partial charge on any atom is -0.357 e. The van der Waals surface area contributed by atoms with Gasteiger partial charge >= 0.3 is 0 Å². The number of hydrogen-bond donors (Lipinski definition) is 2. The van der Waals surface area contributed by atoms with E-state index in [0.717, 1.165) is 37.6 Å². The summed E-state index contributed by atoms with van der Waals surface area (Å²) in [6.45, 7) is 8.87. The Morgan fingerprint density at radius 2 is 2.00 bits per heavy atom. The van der Waals surface area contributed by atoms with Crippen molar-refractivity contribution in [2.24, 2.45) is 4.99 Å². The molecule has 2 atom stereocenters. The molecule has 0 saturated carbocycles. The minimum absolute atomic E-state index is 0. The van der Waals surface area contributed by atoms with Crippen LogP contribution < -0.4 is 10.6 Å². The van der Waals surface area contributed by atoms with Crippen molar-refractivity contribution in [1.29, 1.82) is 0 Å². The van der Waals surface area contributed by atoms with Crippen LogP contribution in [0.5, 0.6) is 0 Å². The molecule has 0 radical (unpaired) electrons. The molecule has 2 N–H and O–H groups in total. The number of hydrogen-bond acceptors (Lipinski definition) is 2. The maximum atomic E-state index is 11.8. The number of rotatable bonds is 6. The highest BCUT2D eigenvalue weighted by Crippen LogP contribution is 2.31. The summed E-state index contributed by atoms with van der Waals surface area (Å²) in [7, 11) is 0. The lowest BCUT2D eigenvalue weighted by atomic mass is 10.0. The van der Waals surface area contributed by atoms with Gasteiger partial charge in [-0.1, -0.05) is 43.1 Å². The molecule has 0 aliphatic carbocycles. The van der Waals surface area contributed by atoms with E-state index in [2.05, 4.69) is 17.6 Å². The summed E-state index contributed by atoms with van der Waals surface area (Å²) in [5.41, 5.74) is 0.927. The van der Waals surface area contributed by atoms with Gasteiger partial charge in [-0.25, -0.2) is 0 Å². The van der Waals surface area contributed by atoms with Gasteiger partial charge in [-0.2, -0.15) is 0 Å². The third-order valence-electron chi connectivity index (χ3n) is 4.54. The van der Waals surface area contributed by atoms with Crippen LogP contribution in [0.25, 0.3) is 0 Å². The molecule has 2 unspecified atom stereocenters. The van der Waals surface area contributed by atoms with E-state index in [1.807, 2.05) is 36.9 Å². The number of nitrogens with zero attached hydrogens (tertiary/aromatic N) is 2. The van der Waals surface area contributed by atoms with E-state index in [1.54, 1.807) is 0 Å². The Balaban J connectivity index is 0.00000364. The van der Waals surface area contributed by atoms with E-state index in [0.29, 0.717) is 23.0 Å². The molecular formula is C19H29Cl2IN4O. The van der Waals surface area contributed by atoms with Crippen molar-refractivity contribution in [1.82, 2.24) is 15.5 Å². The summed E-state index contributed by atoms with van der Waals surface area (Å²) in [4.78, 5) is 18.4. The van der Waals surface area contributed by atoms with Crippen LogP contribution in [-0.4, -0.2) is 49.0 Å². The molecule has 5 nitrogen and oxygen atoms in total. The minimum atomic E-state index is 0. The molecule has 1 heterocycles. The van der Waals surface area contributed by atoms with Gasteiger partial charge in [0.1, 0.15) is 0 Å². The Hall–Kier alpha value is -0.730. The summed E-state index contributed by atoms with van der Waals surface area (Å²) < 4.78 is 0. The van der Waals surface area contributed by atoms with Gasteiger partial charge in [0, 0.05) is 54.6 Å². The predicted molar refractivity (Wildman–Crippen MR) is 125 cm³/mol. The number of carbonyl (C=O) groups is 1. The van der Waals surface area contributed by atoms with Crippen LogP contribution in [-0.2, 0) is 4.79 Å². The van der Waals surface area contributed by atoms with Crippen molar-refractivity contribution in [3.63, 3.8) is 0 Å². The second kappa shape index (κ2) is 12.0. The highest BCUT2D eigenvalue weighted by Gasteiger charge is 2.25. The summed E-state index contributed by atoms with van der Waals surface area (Å²) in [5, 5.41) is 8.05. The van der Waals surface area contributed by atoms with Crippen LogP contribution in [0, 0.1) is 0 Å². The van der Waals surface area contributed by atoms with E-state index in [9.17, 15) is 4.79 Å². The van der Waals surface area contributed by atoms with Crippen molar-refractivity contribution in [3.05, 3.63) is 33.8 Å². The van der Waals surface area contributed by atoms with Crippen molar-refractivity contribution in [3.8, 4) is 0 Å². The molecule has 1 saturated heterocycles. The Morgan fingerprint density at radius 1 is 1.33 bits per heavy atom. The summed E-state index contributed by atoms with van der Waals surface area (Å²) in [5.74, 6) is 1.07. The van der Waals surface area contributed by atoms with E-state index < -0.39 is 0 Å². The standard InChI is InChI=1S/C19H28Cl2N4O.HI/c1-4-17(26)25-10-9-14(12-25)24-19(22-5-2)23-11-13(3)18-15(20)7-6-8-16(18)21;/h6-8,13-14H,4-5,9-12H2,1-3H3,(H2,22,23,24);1H. The van der Waals surface area contributed by atoms with E-state index in [4.69, 9.17) is 28.2 Å². The second-order valence-corrected chi connectivity index (χ2v) is 7.39. The Morgan fingerprint density at radius 3 is 2.59 bits per heavy atom. The van der Waals surface area contributed by atoms with Gasteiger partial charge in [0.15, 0.2) is 5.96 Å². The zero-order valence-electron chi connectivity index (χ0n) is 16.1. The normalized spacial score (nSPS) is 18.0. The average molecular weight is 527 g/mol. The quantitative estimate of drug-likeness (QED) is 0.330. The molecule has 2 rings (SSSR count). The second-order valence-electron chi connectivity index (χ2n) is 6.58. The van der Waals surface area contributed by atoms with Crippen LogP contribution in [0.2, 0.25) is 10.0 Å². The molecule has 1 fully saturated rings. The number of amides is 1. The van der Waals surface area contributed by atoms with E-state index in [1.165, 1.54) is 0 Å². The van der Waals surface area contributed by atoms with Crippen LogP contribution >= 0.6 is 47.2 Å². The SMILES string of the molecule is CCNC(=NCC(C)c1c(Cl)cccc1Cl)NC1CCN(C(=O)CC)C1.I. The van der Waals surface area contributed by atoms with E-state index in [-0.39, 0.29) is 41.8 Å². The third kappa shape index (κ3) is 6.98. The number of benzene rings is 1. The summed E-state index contributed by atoms with van der Waals surface area (Å²) in [6, 6.07) is 5.77. The maximum Gasteiger partial charge on any atom is 0.222 e. The number of nitrogens with one attached hydrogen (secondary N) is 2. The lowest BCUT2D eigenvalue weighted by Crippen LogP contribution is -2.45.